The molecule has 2 aromatic carbocycles. The van der Waals surface area contributed by atoms with E-state index in [1.165, 1.54) is 4.90 Å². The predicted molar refractivity (Wildman–Crippen MR) is 88.7 cm³/mol. The average molecular weight is 320 g/mol. The highest BCUT2D eigenvalue weighted by Gasteiger charge is 2.09. The van der Waals surface area contributed by atoms with Gasteiger partial charge in [-0.15, -0.1) is 0 Å². The monoisotopic (exact) mass is 319 g/mol. The van der Waals surface area contributed by atoms with Crippen molar-refractivity contribution in [3.8, 4) is 0 Å². The van der Waals surface area contributed by atoms with Crippen LogP contribution in [0.5, 0.6) is 0 Å². The molecule has 0 aliphatic heterocycles. The maximum Gasteiger partial charge on any atom is 0.246 e. The highest BCUT2D eigenvalue weighted by molar-refractivity contribution is 6.31. The van der Waals surface area contributed by atoms with Crippen LogP contribution in [0.4, 0.5) is 0 Å². The first-order chi connectivity index (χ1) is 9.97. The fourth-order valence-electron chi connectivity index (χ4n) is 1.84. The number of amides is 1. The van der Waals surface area contributed by atoms with Crippen LogP contribution >= 0.6 is 23.2 Å². The second-order valence-corrected chi connectivity index (χ2v) is 5.68. The second kappa shape index (κ2) is 6.79. The van der Waals surface area contributed by atoms with E-state index < -0.39 is 0 Å². The molecule has 0 aliphatic carbocycles. The van der Waals surface area contributed by atoms with Crippen molar-refractivity contribution in [3.63, 3.8) is 0 Å². The van der Waals surface area contributed by atoms with Crippen LogP contribution in [-0.2, 0) is 4.79 Å². The largest absolute Gasteiger partial charge is 0.345 e. The normalized spacial score (nSPS) is 10.1. The van der Waals surface area contributed by atoms with Gasteiger partial charge in [0.1, 0.15) is 0 Å². The van der Waals surface area contributed by atoms with Crippen LogP contribution in [0.1, 0.15) is 11.1 Å². The molecule has 0 radical (unpaired) electrons. The molecule has 2 rings (SSSR count). The molecule has 0 aliphatic rings. The molecule has 1 amide bonds. The summed E-state index contributed by atoms with van der Waals surface area (Å²) < 4.78 is 0. The number of halogens is 2. The number of carbonyl (C=O) groups is 1. The Bertz CT molecular complexity index is 611. The summed E-state index contributed by atoms with van der Waals surface area (Å²) in [4.78, 5) is 13.6. The van der Waals surface area contributed by atoms with Crippen LogP contribution in [0.25, 0.3) is 5.57 Å². The van der Waals surface area contributed by atoms with Crippen LogP contribution in [-0.4, -0.2) is 24.9 Å². The summed E-state index contributed by atoms with van der Waals surface area (Å²) in [5.41, 5.74) is 2.69. The molecule has 0 unspecified atom stereocenters. The lowest BCUT2D eigenvalue weighted by Gasteiger charge is -2.12. The first-order valence-corrected chi connectivity index (χ1v) is 7.18. The van der Waals surface area contributed by atoms with Crippen molar-refractivity contribution in [3.05, 3.63) is 75.8 Å². The zero-order valence-electron chi connectivity index (χ0n) is 11.8. The van der Waals surface area contributed by atoms with Gasteiger partial charge < -0.3 is 4.90 Å². The third kappa shape index (κ3) is 4.10. The molecule has 4 heteroatoms. The third-order valence-corrected chi connectivity index (χ3v) is 3.52. The molecule has 0 aromatic heterocycles. The molecule has 2 nitrogen and oxygen atoms in total. The minimum atomic E-state index is -0.0742. The van der Waals surface area contributed by atoms with Gasteiger partial charge in [-0.25, -0.2) is 0 Å². The van der Waals surface area contributed by atoms with Crippen LogP contribution in [0.2, 0.25) is 10.0 Å². The summed E-state index contributed by atoms with van der Waals surface area (Å²) in [6, 6.07) is 14.8. The summed E-state index contributed by atoms with van der Waals surface area (Å²) >= 11 is 11.9. The van der Waals surface area contributed by atoms with E-state index in [0.29, 0.717) is 10.0 Å². The molecular formula is C17H15Cl2NO. The first-order valence-electron chi connectivity index (χ1n) is 6.42. The van der Waals surface area contributed by atoms with E-state index in [4.69, 9.17) is 23.2 Å². The van der Waals surface area contributed by atoms with E-state index in [2.05, 4.69) is 0 Å². The molecule has 0 fully saturated rings. The van der Waals surface area contributed by atoms with E-state index in [9.17, 15) is 4.79 Å². The third-order valence-electron chi connectivity index (χ3n) is 3.02. The summed E-state index contributed by atoms with van der Waals surface area (Å²) in [5, 5.41) is 1.32. The van der Waals surface area contributed by atoms with E-state index in [1.807, 2.05) is 24.3 Å². The Labute approximate surface area is 134 Å². The lowest BCUT2D eigenvalue weighted by atomic mass is 9.97. The van der Waals surface area contributed by atoms with E-state index in [0.717, 1.165) is 16.7 Å². The van der Waals surface area contributed by atoms with Crippen LogP contribution in [0.3, 0.4) is 0 Å². The summed E-state index contributed by atoms with van der Waals surface area (Å²) in [6.07, 6.45) is 1.62. The topological polar surface area (TPSA) is 20.3 Å². The second-order valence-electron chi connectivity index (χ2n) is 4.80. The van der Waals surface area contributed by atoms with Gasteiger partial charge in [-0.2, -0.15) is 0 Å². The zero-order valence-corrected chi connectivity index (χ0v) is 13.3. The van der Waals surface area contributed by atoms with E-state index in [-0.39, 0.29) is 5.91 Å². The number of likely N-dealkylation sites (N-methyl/N-ethyl adjacent to an activating group) is 1. The highest BCUT2D eigenvalue weighted by atomic mass is 35.5. The summed E-state index contributed by atoms with van der Waals surface area (Å²) in [7, 11) is 3.44. The fourth-order valence-corrected chi connectivity index (χ4v) is 2.10. The quantitative estimate of drug-likeness (QED) is 0.762. The lowest BCUT2D eigenvalue weighted by molar-refractivity contribution is -0.123. The number of rotatable bonds is 3. The van der Waals surface area contributed by atoms with E-state index >= 15 is 0 Å². The van der Waals surface area contributed by atoms with Crippen molar-refractivity contribution in [1.82, 2.24) is 4.90 Å². The molecule has 0 heterocycles. The van der Waals surface area contributed by atoms with Crippen molar-refractivity contribution in [1.29, 1.82) is 0 Å². The van der Waals surface area contributed by atoms with Crippen molar-refractivity contribution in [2.24, 2.45) is 0 Å². The zero-order chi connectivity index (χ0) is 15.4. The van der Waals surface area contributed by atoms with Crippen molar-refractivity contribution >= 4 is 34.7 Å². The Morgan fingerprint density at radius 1 is 0.857 bits per heavy atom. The van der Waals surface area contributed by atoms with Gasteiger partial charge in [0.05, 0.1) is 0 Å². The maximum absolute atomic E-state index is 12.0. The van der Waals surface area contributed by atoms with Gasteiger partial charge in [0.2, 0.25) is 5.91 Å². The molecule has 21 heavy (non-hydrogen) atoms. The number of benzene rings is 2. The van der Waals surface area contributed by atoms with Crippen molar-refractivity contribution in [2.45, 2.75) is 0 Å². The number of nitrogens with zero attached hydrogens (tertiary/aromatic N) is 1. The highest BCUT2D eigenvalue weighted by Crippen LogP contribution is 2.26. The maximum atomic E-state index is 12.0. The lowest BCUT2D eigenvalue weighted by Crippen LogP contribution is -2.19. The molecule has 0 atom stereocenters. The van der Waals surface area contributed by atoms with Crippen LogP contribution in [0, 0.1) is 0 Å². The molecule has 108 valence electrons. The Balaban J connectivity index is 2.51. The molecule has 0 saturated carbocycles. The Kier molecular flexibility index (Phi) is 5.05. The number of carbonyl (C=O) groups excluding carboxylic acids is 1. The minimum absolute atomic E-state index is 0.0742. The average Bonchev–Trinajstić information content (AvgIpc) is 2.46. The Morgan fingerprint density at radius 3 is 1.57 bits per heavy atom. The standard InChI is InChI=1S/C17H15Cl2NO/c1-20(2)17(21)11-16(12-3-7-14(18)8-4-12)13-5-9-15(19)10-6-13/h3-11H,1-2H3. The molecule has 2 aromatic rings. The molecule has 0 saturated heterocycles. The molecule has 0 N–H and O–H groups in total. The smallest absolute Gasteiger partial charge is 0.246 e. The van der Waals surface area contributed by atoms with Gasteiger partial charge in [0.25, 0.3) is 0 Å². The molecule has 0 bridgehead atoms. The van der Waals surface area contributed by atoms with Gasteiger partial charge in [-0.1, -0.05) is 47.5 Å². The fraction of sp³-hybridized carbons (Fsp3) is 0.118. The number of hydrogen-bond acceptors (Lipinski definition) is 1. The summed E-state index contributed by atoms with van der Waals surface area (Å²) in [5.74, 6) is -0.0742. The van der Waals surface area contributed by atoms with Gasteiger partial charge in [0, 0.05) is 30.2 Å². The SMILES string of the molecule is CN(C)C(=O)C=C(c1ccc(Cl)cc1)c1ccc(Cl)cc1. The van der Waals surface area contributed by atoms with Gasteiger partial charge in [0.15, 0.2) is 0 Å². The minimum Gasteiger partial charge on any atom is -0.345 e. The summed E-state index contributed by atoms with van der Waals surface area (Å²) in [6.45, 7) is 0. The van der Waals surface area contributed by atoms with E-state index in [1.54, 1.807) is 44.4 Å². The van der Waals surface area contributed by atoms with Gasteiger partial charge >= 0.3 is 0 Å². The van der Waals surface area contributed by atoms with Crippen molar-refractivity contribution < 1.29 is 4.79 Å². The first kappa shape index (κ1) is 15.6. The molecular weight excluding hydrogens is 305 g/mol. The Morgan fingerprint density at radius 2 is 1.24 bits per heavy atom. The van der Waals surface area contributed by atoms with Crippen molar-refractivity contribution in [2.75, 3.05) is 14.1 Å². The van der Waals surface area contributed by atoms with Gasteiger partial charge in [-0.3, -0.25) is 4.79 Å². The Hall–Kier alpha value is -1.77. The van der Waals surface area contributed by atoms with Crippen LogP contribution < -0.4 is 0 Å². The van der Waals surface area contributed by atoms with Gasteiger partial charge in [-0.05, 0) is 41.0 Å². The number of hydrogen-bond donors (Lipinski definition) is 0. The molecule has 0 spiro atoms. The van der Waals surface area contributed by atoms with Crippen LogP contribution in [0.15, 0.2) is 54.6 Å². The predicted octanol–water partition coefficient (Wildman–Crippen LogP) is 4.51.